The molecule has 0 bridgehead atoms. The molecule has 0 aliphatic rings. The number of rotatable bonds is 4. The summed E-state index contributed by atoms with van der Waals surface area (Å²) in [6.45, 7) is 6.45. The van der Waals surface area contributed by atoms with E-state index in [1.54, 1.807) is 0 Å². The molecule has 1 N–H and O–H groups in total. The Morgan fingerprint density at radius 3 is 2.68 bits per heavy atom. The molecule has 1 heterocycles. The first kappa shape index (κ1) is 13.3. The van der Waals surface area contributed by atoms with Crippen LogP contribution in [-0.2, 0) is 6.61 Å². The number of nitrogens with zero attached hydrogens (tertiary/aromatic N) is 2. The van der Waals surface area contributed by atoms with Crippen molar-refractivity contribution < 1.29 is 4.74 Å². The molecule has 1 aromatic heterocycles. The van der Waals surface area contributed by atoms with Crippen LogP contribution >= 0.6 is 0 Å². The molecule has 4 heteroatoms. The number of anilines is 1. The number of aryl methyl sites for hydroxylation is 2. The van der Waals surface area contributed by atoms with Crippen LogP contribution in [0.5, 0.6) is 5.75 Å². The number of nitrogens with one attached hydrogen (secondary N) is 1. The van der Waals surface area contributed by atoms with Gasteiger partial charge in [0.1, 0.15) is 18.2 Å². The van der Waals surface area contributed by atoms with Crippen molar-refractivity contribution in [3.05, 3.63) is 46.9 Å². The normalized spacial score (nSPS) is 10.3. The molecular formula is C15H19N3O. The second kappa shape index (κ2) is 5.69. The molecule has 2 aromatic rings. The average Bonchev–Trinajstić information content (AvgIpc) is 2.40. The van der Waals surface area contributed by atoms with Gasteiger partial charge >= 0.3 is 0 Å². The molecule has 100 valence electrons. The summed E-state index contributed by atoms with van der Waals surface area (Å²) < 4.78 is 5.81. The minimum atomic E-state index is 0.376. The Morgan fingerprint density at radius 1 is 1.16 bits per heavy atom. The Kier molecular flexibility index (Phi) is 4.00. The van der Waals surface area contributed by atoms with E-state index in [0.717, 1.165) is 22.8 Å². The lowest BCUT2D eigenvalue weighted by atomic mass is 10.1. The summed E-state index contributed by atoms with van der Waals surface area (Å²) >= 11 is 0. The molecule has 4 nitrogen and oxygen atoms in total. The van der Waals surface area contributed by atoms with Gasteiger partial charge in [-0.3, -0.25) is 0 Å². The van der Waals surface area contributed by atoms with E-state index in [1.807, 2.05) is 32.2 Å². The van der Waals surface area contributed by atoms with Gasteiger partial charge in [-0.1, -0.05) is 12.1 Å². The van der Waals surface area contributed by atoms with Crippen LogP contribution < -0.4 is 10.1 Å². The minimum Gasteiger partial charge on any atom is -0.485 e. The molecule has 0 radical (unpaired) electrons. The van der Waals surface area contributed by atoms with Crippen molar-refractivity contribution in [1.29, 1.82) is 0 Å². The van der Waals surface area contributed by atoms with E-state index in [4.69, 9.17) is 4.74 Å². The Balaban J connectivity index is 2.14. The van der Waals surface area contributed by atoms with Crippen LogP contribution in [0, 0.1) is 20.8 Å². The van der Waals surface area contributed by atoms with E-state index in [0.29, 0.717) is 12.4 Å². The third-order valence-electron chi connectivity index (χ3n) is 3.07. The molecule has 19 heavy (non-hydrogen) atoms. The zero-order valence-corrected chi connectivity index (χ0v) is 11.8. The topological polar surface area (TPSA) is 47.0 Å². The molecule has 0 spiro atoms. The van der Waals surface area contributed by atoms with E-state index in [1.165, 1.54) is 5.56 Å². The fourth-order valence-electron chi connectivity index (χ4n) is 1.85. The number of aromatic nitrogens is 2. The summed E-state index contributed by atoms with van der Waals surface area (Å²) in [5, 5.41) is 3.02. The van der Waals surface area contributed by atoms with E-state index in [-0.39, 0.29) is 0 Å². The van der Waals surface area contributed by atoms with Crippen LogP contribution in [0.25, 0.3) is 0 Å². The molecule has 0 aliphatic heterocycles. The van der Waals surface area contributed by atoms with Crippen molar-refractivity contribution in [2.75, 3.05) is 12.4 Å². The molecule has 1 aromatic carbocycles. The number of ether oxygens (including phenoxy) is 1. The maximum Gasteiger partial charge on any atom is 0.168 e. The third-order valence-corrected chi connectivity index (χ3v) is 3.07. The molecule has 0 saturated heterocycles. The summed E-state index contributed by atoms with van der Waals surface area (Å²) in [4.78, 5) is 8.74. The van der Waals surface area contributed by atoms with Crippen LogP contribution in [0.3, 0.4) is 0 Å². The average molecular weight is 257 g/mol. The van der Waals surface area contributed by atoms with Gasteiger partial charge < -0.3 is 10.1 Å². The second-order valence-electron chi connectivity index (χ2n) is 4.55. The highest BCUT2D eigenvalue weighted by Crippen LogP contribution is 2.21. The van der Waals surface area contributed by atoms with Gasteiger partial charge in [0.2, 0.25) is 0 Å². The third kappa shape index (κ3) is 3.22. The number of hydrogen-bond acceptors (Lipinski definition) is 4. The van der Waals surface area contributed by atoms with Gasteiger partial charge in [-0.15, -0.1) is 0 Å². The van der Waals surface area contributed by atoms with Crippen LogP contribution in [0.1, 0.15) is 22.6 Å². The van der Waals surface area contributed by atoms with E-state index >= 15 is 0 Å². The lowest BCUT2D eigenvalue weighted by Crippen LogP contribution is -2.06. The second-order valence-corrected chi connectivity index (χ2v) is 4.55. The SMILES string of the molecule is CNc1cc(C)nc(COc2cccc(C)c2C)n1. The fourth-order valence-corrected chi connectivity index (χ4v) is 1.85. The van der Waals surface area contributed by atoms with Gasteiger partial charge in [0.25, 0.3) is 0 Å². The van der Waals surface area contributed by atoms with Crippen LogP contribution in [0.4, 0.5) is 5.82 Å². The lowest BCUT2D eigenvalue weighted by Gasteiger charge is -2.11. The largest absolute Gasteiger partial charge is 0.485 e. The van der Waals surface area contributed by atoms with Crippen LogP contribution in [0.15, 0.2) is 24.3 Å². The van der Waals surface area contributed by atoms with Crippen molar-refractivity contribution in [2.24, 2.45) is 0 Å². The monoisotopic (exact) mass is 257 g/mol. The van der Waals surface area contributed by atoms with E-state index < -0.39 is 0 Å². The van der Waals surface area contributed by atoms with Gasteiger partial charge in [-0.05, 0) is 38.0 Å². The quantitative estimate of drug-likeness (QED) is 0.914. The minimum absolute atomic E-state index is 0.376. The molecule has 0 atom stereocenters. The standard InChI is InChI=1S/C15H19N3O/c1-10-6-5-7-13(12(10)3)19-9-15-17-11(2)8-14(16-4)18-15/h5-8H,9H2,1-4H3,(H,16,17,18). The fraction of sp³-hybridized carbons (Fsp3) is 0.333. The summed E-state index contributed by atoms with van der Waals surface area (Å²) in [6.07, 6.45) is 0. The number of benzene rings is 1. The maximum absolute atomic E-state index is 5.81. The highest BCUT2D eigenvalue weighted by molar-refractivity contribution is 5.38. The zero-order chi connectivity index (χ0) is 13.8. The van der Waals surface area contributed by atoms with Gasteiger partial charge in [-0.2, -0.15) is 0 Å². The van der Waals surface area contributed by atoms with Crippen LogP contribution in [0.2, 0.25) is 0 Å². The van der Waals surface area contributed by atoms with E-state index in [2.05, 4.69) is 35.2 Å². The molecule has 0 aliphatic carbocycles. The highest BCUT2D eigenvalue weighted by Gasteiger charge is 2.05. The van der Waals surface area contributed by atoms with Crippen molar-refractivity contribution in [3.8, 4) is 5.75 Å². The summed E-state index contributed by atoms with van der Waals surface area (Å²) in [5.74, 6) is 2.38. The summed E-state index contributed by atoms with van der Waals surface area (Å²) in [7, 11) is 1.84. The highest BCUT2D eigenvalue weighted by atomic mass is 16.5. The molecule has 0 saturated carbocycles. The molecular weight excluding hydrogens is 238 g/mol. The molecule has 0 amide bonds. The molecule has 0 fully saturated rings. The first-order valence-electron chi connectivity index (χ1n) is 6.31. The van der Waals surface area contributed by atoms with Crippen LogP contribution in [-0.4, -0.2) is 17.0 Å². The van der Waals surface area contributed by atoms with Gasteiger partial charge in [0.05, 0.1) is 0 Å². The van der Waals surface area contributed by atoms with Gasteiger partial charge in [0, 0.05) is 18.8 Å². The lowest BCUT2D eigenvalue weighted by molar-refractivity contribution is 0.293. The Bertz CT molecular complexity index is 582. The van der Waals surface area contributed by atoms with E-state index in [9.17, 15) is 0 Å². The first-order chi connectivity index (χ1) is 9.10. The maximum atomic E-state index is 5.81. The molecule has 2 rings (SSSR count). The first-order valence-corrected chi connectivity index (χ1v) is 6.31. The zero-order valence-electron chi connectivity index (χ0n) is 11.8. The smallest absolute Gasteiger partial charge is 0.168 e. The van der Waals surface area contributed by atoms with Crippen molar-refractivity contribution >= 4 is 5.82 Å². The van der Waals surface area contributed by atoms with Gasteiger partial charge in [0.15, 0.2) is 5.82 Å². The summed E-state index contributed by atoms with van der Waals surface area (Å²) in [6, 6.07) is 7.94. The predicted molar refractivity (Wildman–Crippen MR) is 76.6 cm³/mol. The molecule has 0 unspecified atom stereocenters. The van der Waals surface area contributed by atoms with Crippen molar-refractivity contribution in [3.63, 3.8) is 0 Å². The van der Waals surface area contributed by atoms with Crippen molar-refractivity contribution in [1.82, 2.24) is 9.97 Å². The van der Waals surface area contributed by atoms with Gasteiger partial charge in [-0.25, -0.2) is 9.97 Å². The Morgan fingerprint density at radius 2 is 1.95 bits per heavy atom. The Labute approximate surface area is 113 Å². The Hall–Kier alpha value is -2.10. The predicted octanol–water partition coefficient (Wildman–Crippen LogP) is 3.02. The summed E-state index contributed by atoms with van der Waals surface area (Å²) in [5.41, 5.74) is 3.31. The van der Waals surface area contributed by atoms with Crippen molar-refractivity contribution in [2.45, 2.75) is 27.4 Å². The number of hydrogen-bond donors (Lipinski definition) is 1.